The Balaban J connectivity index is 1.81. The summed E-state index contributed by atoms with van der Waals surface area (Å²) in [5.41, 5.74) is 2.82. The van der Waals surface area contributed by atoms with Crippen LogP contribution in [0.4, 0.5) is 5.69 Å². The van der Waals surface area contributed by atoms with Gasteiger partial charge < -0.3 is 5.11 Å². The van der Waals surface area contributed by atoms with Crippen molar-refractivity contribution in [2.75, 3.05) is 5.01 Å². The fourth-order valence-electron chi connectivity index (χ4n) is 3.46. The average Bonchev–Trinajstić information content (AvgIpc) is 3.02. The molecule has 1 amide bonds. The van der Waals surface area contributed by atoms with Gasteiger partial charge in [0.05, 0.1) is 22.7 Å². The lowest BCUT2D eigenvalue weighted by Gasteiger charge is -2.13. The van der Waals surface area contributed by atoms with E-state index in [4.69, 9.17) is 0 Å². The summed E-state index contributed by atoms with van der Waals surface area (Å²) in [6.45, 7) is 7.46. The Hall–Kier alpha value is -4.20. The number of carbonyl (C=O) groups is 1. The molecule has 3 aromatic rings. The summed E-state index contributed by atoms with van der Waals surface area (Å²) in [5, 5.41) is 16.4. The van der Waals surface area contributed by atoms with E-state index >= 15 is 0 Å². The summed E-state index contributed by atoms with van der Waals surface area (Å²) < 4.78 is 0.986. The lowest BCUT2D eigenvalue weighted by atomic mass is 10.1. The second-order valence-corrected chi connectivity index (χ2v) is 7.80. The number of aromatic hydroxyl groups is 1. The highest BCUT2D eigenvalue weighted by atomic mass is 16.3. The molecular formula is C24H22N4O4. The van der Waals surface area contributed by atoms with Crippen LogP contribution >= 0.6 is 0 Å². The lowest BCUT2D eigenvalue weighted by Crippen LogP contribution is -2.30. The van der Waals surface area contributed by atoms with E-state index in [1.54, 1.807) is 37.3 Å². The van der Waals surface area contributed by atoms with Crippen molar-refractivity contribution in [3.05, 3.63) is 91.1 Å². The zero-order chi connectivity index (χ0) is 23.2. The smallest absolute Gasteiger partial charge is 0.335 e. The molecule has 1 aliphatic heterocycles. The molecule has 0 saturated carbocycles. The second-order valence-electron chi connectivity index (χ2n) is 7.80. The average molecular weight is 430 g/mol. The Morgan fingerprint density at radius 2 is 1.56 bits per heavy atom. The predicted octanol–water partition coefficient (Wildman–Crippen LogP) is 2.96. The third-order valence-corrected chi connectivity index (χ3v) is 5.50. The van der Waals surface area contributed by atoms with Crippen molar-refractivity contribution in [2.24, 2.45) is 5.10 Å². The van der Waals surface area contributed by atoms with E-state index in [2.05, 4.69) is 10.1 Å². The zero-order valence-corrected chi connectivity index (χ0v) is 18.1. The van der Waals surface area contributed by atoms with Crippen LogP contribution in [0.15, 0.2) is 62.7 Å². The number of hydrazone groups is 1. The molecule has 162 valence electrons. The molecule has 1 aromatic heterocycles. The van der Waals surface area contributed by atoms with Crippen LogP contribution in [0.3, 0.4) is 0 Å². The van der Waals surface area contributed by atoms with Gasteiger partial charge in [-0.05, 0) is 69.2 Å². The Kier molecular flexibility index (Phi) is 5.14. The van der Waals surface area contributed by atoms with Gasteiger partial charge in [-0.2, -0.15) is 10.1 Å². The number of rotatable bonds is 3. The third kappa shape index (κ3) is 3.56. The monoisotopic (exact) mass is 430 g/mol. The fourth-order valence-corrected chi connectivity index (χ4v) is 3.46. The van der Waals surface area contributed by atoms with Gasteiger partial charge in [0.25, 0.3) is 11.5 Å². The van der Waals surface area contributed by atoms with E-state index in [0.717, 1.165) is 21.3 Å². The molecule has 0 unspecified atom stereocenters. The molecule has 8 heteroatoms. The van der Waals surface area contributed by atoms with E-state index in [1.165, 1.54) is 11.1 Å². The Bertz CT molecular complexity index is 1430. The van der Waals surface area contributed by atoms with E-state index in [1.807, 2.05) is 32.9 Å². The van der Waals surface area contributed by atoms with Crippen molar-refractivity contribution < 1.29 is 9.90 Å². The molecule has 0 aliphatic carbocycles. The fraction of sp³-hybridized carbons (Fsp3) is 0.167. The SMILES string of the molecule is CC1=NN(c2ccc(C)c(C)c2)C(=O)/C1=C\c1c(O)n(-c2ccc(C)cc2)c(=O)[nH]c1=O. The molecule has 4 rings (SSSR count). The number of amides is 1. The molecule has 2 heterocycles. The number of aromatic amines is 1. The minimum Gasteiger partial charge on any atom is -0.494 e. The van der Waals surface area contributed by atoms with Crippen LogP contribution in [-0.4, -0.2) is 26.3 Å². The first-order valence-corrected chi connectivity index (χ1v) is 10.0. The van der Waals surface area contributed by atoms with E-state index < -0.39 is 23.0 Å². The van der Waals surface area contributed by atoms with Gasteiger partial charge in [-0.1, -0.05) is 23.8 Å². The molecule has 0 bridgehead atoms. The van der Waals surface area contributed by atoms with Gasteiger partial charge in [0.1, 0.15) is 5.56 Å². The van der Waals surface area contributed by atoms with Crippen LogP contribution in [0.2, 0.25) is 0 Å². The molecule has 1 aliphatic rings. The van der Waals surface area contributed by atoms with Crippen LogP contribution < -0.4 is 16.3 Å². The number of benzene rings is 2. The number of aromatic nitrogens is 2. The topological polar surface area (TPSA) is 108 Å². The normalized spacial score (nSPS) is 14.9. The van der Waals surface area contributed by atoms with Gasteiger partial charge in [-0.25, -0.2) is 9.36 Å². The number of hydrogen-bond acceptors (Lipinski definition) is 5. The maximum atomic E-state index is 13.1. The number of carbonyl (C=O) groups excluding carboxylic acids is 1. The number of anilines is 1. The second kappa shape index (κ2) is 7.81. The first-order chi connectivity index (χ1) is 15.2. The number of hydrogen-bond donors (Lipinski definition) is 2. The third-order valence-electron chi connectivity index (χ3n) is 5.50. The van der Waals surface area contributed by atoms with Crippen LogP contribution in [0.5, 0.6) is 5.88 Å². The van der Waals surface area contributed by atoms with E-state index in [0.29, 0.717) is 17.1 Å². The summed E-state index contributed by atoms with van der Waals surface area (Å²) in [7, 11) is 0. The van der Waals surface area contributed by atoms with Gasteiger partial charge in [-0.3, -0.25) is 14.6 Å². The molecule has 0 spiro atoms. The molecule has 0 fully saturated rings. The van der Waals surface area contributed by atoms with Crippen molar-refractivity contribution in [2.45, 2.75) is 27.7 Å². The molecule has 2 N–H and O–H groups in total. The molecule has 0 radical (unpaired) electrons. The highest BCUT2D eigenvalue weighted by molar-refractivity contribution is 6.32. The number of nitrogens with zero attached hydrogens (tertiary/aromatic N) is 3. The summed E-state index contributed by atoms with van der Waals surface area (Å²) >= 11 is 0. The molecule has 0 atom stereocenters. The minimum atomic E-state index is -0.798. The first-order valence-electron chi connectivity index (χ1n) is 10.0. The summed E-state index contributed by atoms with van der Waals surface area (Å²) in [6, 6.07) is 12.4. The first kappa shape index (κ1) is 21.0. The van der Waals surface area contributed by atoms with E-state index in [-0.39, 0.29) is 11.1 Å². The highest BCUT2D eigenvalue weighted by Gasteiger charge is 2.30. The molecular weight excluding hydrogens is 408 g/mol. The van der Waals surface area contributed by atoms with Crippen molar-refractivity contribution in [1.29, 1.82) is 0 Å². The van der Waals surface area contributed by atoms with Gasteiger partial charge in [0.15, 0.2) is 0 Å². The lowest BCUT2D eigenvalue weighted by molar-refractivity contribution is -0.114. The molecule has 8 nitrogen and oxygen atoms in total. The van der Waals surface area contributed by atoms with Crippen LogP contribution in [0.25, 0.3) is 11.8 Å². The maximum absolute atomic E-state index is 13.1. The van der Waals surface area contributed by atoms with Crippen molar-refractivity contribution in [1.82, 2.24) is 9.55 Å². The maximum Gasteiger partial charge on any atom is 0.335 e. The highest BCUT2D eigenvalue weighted by Crippen LogP contribution is 2.27. The number of nitrogens with one attached hydrogen (secondary N) is 1. The zero-order valence-electron chi connectivity index (χ0n) is 18.1. The molecule has 32 heavy (non-hydrogen) atoms. The van der Waals surface area contributed by atoms with E-state index in [9.17, 15) is 19.5 Å². The Labute approximate surface area is 183 Å². The molecule has 0 saturated heterocycles. The predicted molar refractivity (Wildman–Crippen MR) is 124 cm³/mol. The van der Waals surface area contributed by atoms with Gasteiger partial charge in [-0.15, -0.1) is 0 Å². The summed E-state index contributed by atoms with van der Waals surface area (Å²) in [5.74, 6) is -0.988. The van der Waals surface area contributed by atoms with Crippen molar-refractivity contribution in [3.8, 4) is 11.6 Å². The summed E-state index contributed by atoms with van der Waals surface area (Å²) in [4.78, 5) is 40.2. The quantitative estimate of drug-likeness (QED) is 0.623. The van der Waals surface area contributed by atoms with Crippen LogP contribution in [0.1, 0.15) is 29.2 Å². The van der Waals surface area contributed by atoms with Crippen molar-refractivity contribution in [3.63, 3.8) is 0 Å². The molecule has 2 aromatic carbocycles. The van der Waals surface area contributed by atoms with Crippen LogP contribution in [0, 0.1) is 20.8 Å². The van der Waals surface area contributed by atoms with Gasteiger partial charge in [0, 0.05) is 0 Å². The number of aryl methyl sites for hydroxylation is 3. The van der Waals surface area contributed by atoms with Crippen molar-refractivity contribution >= 4 is 23.4 Å². The Morgan fingerprint density at radius 1 is 0.906 bits per heavy atom. The minimum absolute atomic E-state index is 0.151. The van der Waals surface area contributed by atoms with Gasteiger partial charge in [0.2, 0.25) is 5.88 Å². The van der Waals surface area contributed by atoms with Crippen LogP contribution in [-0.2, 0) is 4.79 Å². The van der Waals surface area contributed by atoms with Gasteiger partial charge >= 0.3 is 5.69 Å². The summed E-state index contributed by atoms with van der Waals surface area (Å²) in [6.07, 6.45) is 1.26. The standard InChI is InChI=1S/C24H22N4O4/c1-13-5-8-17(9-6-13)27-22(30)20(21(29)25-24(27)32)12-19-16(4)26-28(23(19)31)18-10-7-14(2)15(3)11-18/h5-12,30H,1-4H3,(H,25,29,32)/b19-12-. The Morgan fingerprint density at radius 3 is 2.22 bits per heavy atom. The largest absolute Gasteiger partial charge is 0.494 e. The number of H-pyrrole nitrogens is 1.